The molecule has 0 radical (unpaired) electrons. The van der Waals surface area contributed by atoms with Crippen LogP contribution in [0.2, 0.25) is 0 Å². The van der Waals surface area contributed by atoms with E-state index in [0.717, 1.165) is 11.1 Å². The molecule has 5 nitrogen and oxygen atoms in total. The number of nitrogens with one attached hydrogen (secondary N) is 1. The van der Waals surface area contributed by atoms with E-state index in [9.17, 15) is 10.0 Å². The van der Waals surface area contributed by atoms with Crippen molar-refractivity contribution in [3.63, 3.8) is 0 Å². The first kappa shape index (κ1) is 16.9. The summed E-state index contributed by atoms with van der Waals surface area (Å²) in [6.07, 6.45) is -0.0267. The van der Waals surface area contributed by atoms with Crippen LogP contribution in [0.4, 0.5) is 5.69 Å². The molecular weight excluding hydrogens is 280 g/mol. The van der Waals surface area contributed by atoms with E-state index in [4.69, 9.17) is 22.4 Å². The van der Waals surface area contributed by atoms with E-state index in [1.807, 2.05) is 26.0 Å². The van der Waals surface area contributed by atoms with E-state index < -0.39 is 11.4 Å². The van der Waals surface area contributed by atoms with Crippen molar-refractivity contribution in [3.8, 4) is 0 Å². The normalized spacial score (nSPS) is 15.7. The number of rotatable bonds is 7. The van der Waals surface area contributed by atoms with Crippen LogP contribution in [0.25, 0.3) is 0 Å². The molecule has 0 spiro atoms. The smallest absolute Gasteiger partial charge is 0.304 e. The number of aryl methyl sites for hydroxylation is 1. The number of nitrogens with two attached hydrogens (primary N) is 1. The molecule has 5 N–H and O–H groups in total. The summed E-state index contributed by atoms with van der Waals surface area (Å²) in [5.74, 6) is -0.524. The van der Waals surface area contributed by atoms with Crippen LogP contribution >= 0.6 is 11.6 Å². The van der Waals surface area contributed by atoms with E-state index in [1.165, 1.54) is 0 Å². The SMILES string of the molecule is Cc1cc([NH+](O)CCCl)ccc1C(C)(CN)CC(=O)O. The van der Waals surface area contributed by atoms with Gasteiger partial charge in [-0.2, -0.15) is 5.06 Å². The summed E-state index contributed by atoms with van der Waals surface area (Å²) in [6, 6.07) is 5.46. The van der Waals surface area contributed by atoms with Gasteiger partial charge in [0.25, 0.3) is 0 Å². The number of halogens is 1. The van der Waals surface area contributed by atoms with E-state index >= 15 is 0 Å². The van der Waals surface area contributed by atoms with E-state index in [1.54, 1.807) is 6.07 Å². The summed E-state index contributed by atoms with van der Waals surface area (Å²) in [5, 5.41) is 19.1. The Labute approximate surface area is 123 Å². The Hall–Kier alpha value is -1.14. The van der Waals surface area contributed by atoms with Crippen LogP contribution in [-0.4, -0.2) is 35.3 Å². The van der Waals surface area contributed by atoms with Crippen molar-refractivity contribution in [2.24, 2.45) is 5.73 Å². The second-order valence-corrected chi connectivity index (χ2v) is 5.63. The molecule has 0 saturated heterocycles. The highest BCUT2D eigenvalue weighted by Gasteiger charge is 2.30. The molecule has 6 heteroatoms. The third-order valence-electron chi connectivity index (χ3n) is 3.53. The first-order valence-electron chi connectivity index (χ1n) is 6.48. The van der Waals surface area contributed by atoms with Gasteiger partial charge in [0.15, 0.2) is 5.69 Å². The average Bonchev–Trinajstić information content (AvgIpc) is 2.37. The Balaban J connectivity index is 3.11. The van der Waals surface area contributed by atoms with Gasteiger partial charge in [0, 0.05) is 24.1 Å². The van der Waals surface area contributed by atoms with Gasteiger partial charge in [0.05, 0.1) is 12.3 Å². The Morgan fingerprint density at radius 1 is 1.50 bits per heavy atom. The van der Waals surface area contributed by atoms with Crippen molar-refractivity contribution in [3.05, 3.63) is 29.3 Å². The number of aliphatic carboxylic acids is 1. The summed E-state index contributed by atoms with van der Waals surface area (Å²) in [4.78, 5) is 11.0. The lowest BCUT2D eigenvalue weighted by Gasteiger charge is -2.28. The van der Waals surface area contributed by atoms with Crippen LogP contribution in [0, 0.1) is 6.92 Å². The number of hydroxylamine groups is 1. The quantitative estimate of drug-likeness (QED) is 0.444. The predicted molar refractivity (Wildman–Crippen MR) is 77.8 cm³/mol. The first-order chi connectivity index (χ1) is 9.34. The Bertz CT molecular complexity index is 481. The predicted octanol–water partition coefficient (Wildman–Crippen LogP) is 0.831. The molecule has 0 aliphatic carbocycles. The number of carboxylic acid groups (broad SMARTS) is 1. The van der Waals surface area contributed by atoms with Crippen molar-refractivity contribution in [1.29, 1.82) is 0 Å². The van der Waals surface area contributed by atoms with Gasteiger partial charge in [-0.1, -0.05) is 13.0 Å². The van der Waals surface area contributed by atoms with E-state index in [0.29, 0.717) is 18.1 Å². The Kier molecular flexibility index (Phi) is 5.95. The van der Waals surface area contributed by atoms with Gasteiger partial charge in [-0.25, -0.2) is 5.21 Å². The van der Waals surface area contributed by atoms with Crippen LogP contribution in [-0.2, 0) is 10.2 Å². The third kappa shape index (κ3) is 3.93. The van der Waals surface area contributed by atoms with Gasteiger partial charge < -0.3 is 10.8 Å². The first-order valence-corrected chi connectivity index (χ1v) is 7.01. The van der Waals surface area contributed by atoms with Crippen molar-refractivity contribution >= 4 is 23.3 Å². The Morgan fingerprint density at radius 2 is 2.15 bits per heavy atom. The molecule has 0 saturated carbocycles. The maximum atomic E-state index is 11.0. The molecule has 0 aliphatic heterocycles. The van der Waals surface area contributed by atoms with Gasteiger partial charge >= 0.3 is 5.97 Å². The fourth-order valence-corrected chi connectivity index (χ4v) is 2.54. The minimum atomic E-state index is -0.877. The molecular formula is C14H22ClN2O3+. The topological polar surface area (TPSA) is 88.0 Å². The molecule has 1 rings (SSSR count). The number of quaternary nitrogens is 1. The highest BCUT2D eigenvalue weighted by atomic mass is 35.5. The zero-order valence-corrected chi connectivity index (χ0v) is 12.6. The molecule has 0 fully saturated rings. The molecule has 1 aromatic rings. The molecule has 1 aromatic carbocycles. The number of carbonyl (C=O) groups is 1. The molecule has 0 amide bonds. The molecule has 0 bridgehead atoms. The molecule has 0 heterocycles. The molecule has 0 aliphatic rings. The highest BCUT2D eigenvalue weighted by molar-refractivity contribution is 6.17. The largest absolute Gasteiger partial charge is 0.481 e. The van der Waals surface area contributed by atoms with Gasteiger partial charge in [0.2, 0.25) is 0 Å². The van der Waals surface area contributed by atoms with Gasteiger partial charge in [-0.15, -0.1) is 11.6 Å². The summed E-state index contributed by atoms with van der Waals surface area (Å²) in [6.45, 7) is 4.38. The summed E-state index contributed by atoms with van der Waals surface area (Å²) >= 11 is 5.61. The zero-order valence-electron chi connectivity index (χ0n) is 11.8. The van der Waals surface area contributed by atoms with Crippen LogP contribution in [0.1, 0.15) is 24.5 Å². The van der Waals surface area contributed by atoms with Crippen LogP contribution in [0.5, 0.6) is 0 Å². The highest BCUT2D eigenvalue weighted by Crippen LogP contribution is 2.30. The second-order valence-electron chi connectivity index (χ2n) is 5.25. The monoisotopic (exact) mass is 301 g/mol. The lowest BCUT2D eigenvalue weighted by atomic mass is 9.77. The van der Waals surface area contributed by atoms with Crippen molar-refractivity contribution in [2.45, 2.75) is 25.7 Å². The molecule has 112 valence electrons. The standard InChI is InChI=1S/C14H21ClN2O3/c1-10-7-11(17(20)6-5-15)3-4-12(10)14(2,9-16)8-13(18)19/h3-4,7,20H,5-6,8-9,16H2,1-2H3,(H,18,19)/p+1. The van der Waals surface area contributed by atoms with E-state index in [2.05, 4.69) is 0 Å². The van der Waals surface area contributed by atoms with Gasteiger partial charge in [-0.05, 0) is 18.1 Å². The average molecular weight is 302 g/mol. The number of hydrogen-bond donors (Lipinski definition) is 4. The number of carboxylic acids is 1. The summed E-state index contributed by atoms with van der Waals surface area (Å²) in [5.41, 5.74) is 7.67. The number of alkyl halides is 1. The maximum absolute atomic E-state index is 11.0. The molecule has 2 unspecified atom stereocenters. The fourth-order valence-electron chi connectivity index (χ4n) is 2.37. The lowest BCUT2D eigenvalue weighted by Crippen LogP contribution is -3.05. The Morgan fingerprint density at radius 3 is 2.60 bits per heavy atom. The van der Waals surface area contributed by atoms with Gasteiger partial charge in [0.1, 0.15) is 6.54 Å². The van der Waals surface area contributed by atoms with Crippen molar-refractivity contribution < 1.29 is 20.2 Å². The number of hydrogen-bond acceptors (Lipinski definition) is 3. The number of benzene rings is 1. The van der Waals surface area contributed by atoms with Crippen molar-refractivity contribution in [1.82, 2.24) is 0 Å². The van der Waals surface area contributed by atoms with Crippen molar-refractivity contribution in [2.75, 3.05) is 19.0 Å². The lowest BCUT2D eigenvalue weighted by molar-refractivity contribution is -1.03. The van der Waals surface area contributed by atoms with Crippen LogP contribution < -0.4 is 10.8 Å². The molecule has 20 heavy (non-hydrogen) atoms. The van der Waals surface area contributed by atoms with E-state index in [-0.39, 0.29) is 18.0 Å². The van der Waals surface area contributed by atoms with Crippen LogP contribution in [0.3, 0.4) is 0 Å². The molecule has 0 aromatic heterocycles. The van der Waals surface area contributed by atoms with Crippen LogP contribution in [0.15, 0.2) is 18.2 Å². The van der Waals surface area contributed by atoms with Gasteiger partial charge in [-0.3, -0.25) is 4.79 Å². The third-order valence-corrected chi connectivity index (χ3v) is 3.72. The maximum Gasteiger partial charge on any atom is 0.304 e. The summed E-state index contributed by atoms with van der Waals surface area (Å²) in [7, 11) is 0. The fraction of sp³-hybridized carbons (Fsp3) is 0.500. The molecule has 2 atom stereocenters. The minimum Gasteiger partial charge on any atom is -0.481 e. The minimum absolute atomic E-state index is 0.0267. The summed E-state index contributed by atoms with van der Waals surface area (Å²) < 4.78 is 0. The second kappa shape index (κ2) is 7.04. The zero-order chi connectivity index (χ0) is 15.3.